The van der Waals surface area contributed by atoms with Crippen LogP contribution in [0.4, 0.5) is 4.79 Å². The summed E-state index contributed by atoms with van der Waals surface area (Å²) in [6.45, 7) is 4.48. The molecule has 1 aliphatic heterocycles. The Morgan fingerprint density at radius 3 is 2.58 bits per heavy atom. The number of hydrogen-bond acceptors (Lipinski definition) is 5. The van der Waals surface area contributed by atoms with Gasteiger partial charge in [0.1, 0.15) is 5.75 Å². The molecule has 0 saturated carbocycles. The van der Waals surface area contributed by atoms with E-state index in [-0.39, 0.29) is 12.1 Å². The van der Waals surface area contributed by atoms with Crippen LogP contribution in [-0.2, 0) is 17.8 Å². The van der Waals surface area contributed by atoms with E-state index in [1.54, 1.807) is 21.3 Å². The molecule has 172 valence electrons. The molecule has 2 aromatic carbocycles. The molecular formula is C25H29N5O3. The van der Waals surface area contributed by atoms with Gasteiger partial charge in [-0.1, -0.05) is 18.2 Å². The van der Waals surface area contributed by atoms with Crippen molar-refractivity contribution in [1.82, 2.24) is 20.1 Å². The third-order valence-electron chi connectivity index (χ3n) is 5.75. The average molecular weight is 448 g/mol. The fraction of sp³-hybridized carbons (Fsp3) is 0.320. The van der Waals surface area contributed by atoms with E-state index < -0.39 is 0 Å². The van der Waals surface area contributed by atoms with Crippen LogP contribution in [0.5, 0.6) is 5.75 Å². The number of carbonyl (C=O) groups is 1. The first-order chi connectivity index (χ1) is 15.9. The van der Waals surface area contributed by atoms with E-state index >= 15 is 0 Å². The topological polar surface area (TPSA) is 81.0 Å². The molecule has 2 heterocycles. The molecule has 0 aliphatic carbocycles. The highest BCUT2D eigenvalue weighted by molar-refractivity contribution is 6.14. The van der Waals surface area contributed by atoms with Gasteiger partial charge in [0.15, 0.2) is 0 Å². The van der Waals surface area contributed by atoms with Crippen molar-refractivity contribution in [3.63, 3.8) is 0 Å². The standard InChI is InChI=1S/C25H29N5O3/c1-16-12-19-8-11-22(33-5)14-23(19)24(28-30(16)25(31)26-3)18-6-9-21(10-7-18)29-17(2)13-20(27-29)15-32-4/h6-11,13-14,16H,12,15H2,1-5H3,(H,26,31)/t16-/m0/s1. The van der Waals surface area contributed by atoms with Crippen LogP contribution in [0.15, 0.2) is 53.6 Å². The zero-order chi connectivity index (χ0) is 23.5. The number of fused-ring (bicyclic) bond motifs is 1. The van der Waals surface area contributed by atoms with Gasteiger partial charge < -0.3 is 14.8 Å². The van der Waals surface area contributed by atoms with Crippen molar-refractivity contribution < 1.29 is 14.3 Å². The lowest BCUT2D eigenvalue weighted by atomic mass is 9.94. The number of benzene rings is 2. The minimum Gasteiger partial charge on any atom is -0.497 e. The SMILES string of the molecule is CNC(=O)N1N=C(c2ccc(-n3nc(COC)cc3C)cc2)c2cc(OC)ccc2C[C@@H]1C. The molecular weight excluding hydrogens is 418 g/mol. The minimum atomic E-state index is -0.241. The molecule has 4 rings (SSSR count). The fourth-order valence-corrected chi connectivity index (χ4v) is 4.10. The lowest BCUT2D eigenvalue weighted by molar-refractivity contribution is 0.181. The predicted octanol–water partition coefficient (Wildman–Crippen LogP) is 3.67. The van der Waals surface area contributed by atoms with Crippen LogP contribution in [0, 0.1) is 6.92 Å². The fourth-order valence-electron chi connectivity index (χ4n) is 4.10. The van der Waals surface area contributed by atoms with E-state index in [9.17, 15) is 4.79 Å². The van der Waals surface area contributed by atoms with Crippen LogP contribution in [-0.4, -0.2) is 53.8 Å². The first-order valence-corrected chi connectivity index (χ1v) is 10.9. The van der Waals surface area contributed by atoms with Gasteiger partial charge in [0.05, 0.1) is 36.9 Å². The Labute approximate surface area is 193 Å². The lowest BCUT2D eigenvalue weighted by Crippen LogP contribution is -2.41. The van der Waals surface area contributed by atoms with E-state index in [1.807, 2.05) is 67.1 Å². The summed E-state index contributed by atoms with van der Waals surface area (Å²) in [7, 11) is 4.92. The quantitative estimate of drug-likeness (QED) is 0.647. The molecule has 0 spiro atoms. The van der Waals surface area contributed by atoms with Gasteiger partial charge >= 0.3 is 6.03 Å². The van der Waals surface area contributed by atoms with Crippen molar-refractivity contribution in [2.75, 3.05) is 21.3 Å². The number of methoxy groups -OCH3 is 2. The van der Waals surface area contributed by atoms with Gasteiger partial charge in [0.2, 0.25) is 0 Å². The second kappa shape index (κ2) is 9.46. The van der Waals surface area contributed by atoms with Gasteiger partial charge in [-0.15, -0.1) is 0 Å². The highest BCUT2D eigenvalue weighted by atomic mass is 16.5. The number of hydrogen-bond donors (Lipinski definition) is 1. The van der Waals surface area contributed by atoms with Gasteiger partial charge in [-0.3, -0.25) is 0 Å². The van der Waals surface area contributed by atoms with E-state index in [4.69, 9.17) is 14.6 Å². The first-order valence-electron chi connectivity index (χ1n) is 10.9. The highest BCUT2D eigenvalue weighted by Crippen LogP contribution is 2.27. The maximum absolute atomic E-state index is 12.6. The Morgan fingerprint density at radius 1 is 1.15 bits per heavy atom. The second-order valence-corrected chi connectivity index (χ2v) is 8.09. The summed E-state index contributed by atoms with van der Waals surface area (Å²) in [6.07, 6.45) is 0.687. The summed E-state index contributed by atoms with van der Waals surface area (Å²) >= 11 is 0. The summed E-state index contributed by atoms with van der Waals surface area (Å²) in [5, 5.41) is 13.6. The number of nitrogens with zero attached hydrogens (tertiary/aromatic N) is 4. The van der Waals surface area contributed by atoms with Crippen LogP contribution in [0.1, 0.15) is 35.0 Å². The molecule has 0 fully saturated rings. The summed E-state index contributed by atoms with van der Waals surface area (Å²) in [5.41, 5.74) is 6.54. The predicted molar refractivity (Wildman–Crippen MR) is 127 cm³/mol. The highest BCUT2D eigenvalue weighted by Gasteiger charge is 2.27. The van der Waals surface area contributed by atoms with Gasteiger partial charge in [-0.05, 0) is 56.2 Å². The number of hydrazone groups is 1. The van der Waals surface area contributed by atoms with Crippen molar-refractivity contribution in [2.24, 2.45) is 5.10 Å². The molecule has 0 bridgehead atoms. The molecule has 1 aliphatic rings. The average Bonchev–Trinajstić information content (AvgIpc) is 3.12. The molecule has 0 radical (unpaired) electrons. The van der Waals surface area contributed by atoms with Gasteiger partial charge in [-0.2, -0.15) is 10.2 Å². The number of urea groups is 1. The lowest BCUT2D eigenvalue weighted by Gasteiger charge is -2.22. The second-order valence-electron chi connectivity index (χ2n) is 8.09. The number of amides is 2. The number of aromatic nitrogens is 2. The molecule has 33 heavy (non-hydrogen) atoms. The van der Waals surface area contributed by atoms with Gasteiger partial charge in [0.25, 0.3) is 0 Å². The Morgan fingerprint density at radius 2 is 1.91 bits per heavy atom. The molecule has 0 saturated heterocycles. The van der Waals surface area contributed by atoms with Crippen molar-refractivity contribution in [2.45, 2.75) is 32.9 Å². The molecule has 8 nitrogen and oxygen atoms in total. The van der Waals surface area contributed by atoms with Crippen LogP contribution < -0.4 is 10.1 Å². The Bertz CT molecular complexity index is 1180. The largest absolute Gasteiger partial charge is 0.497 e. The molecule has 1 N–H and O–H groups in total. The third kappa shape index (κ3) is 4.47. The summed E-state index contributed by atoms with van der Waals surface area (Å²) in [4.78, 5) is 12.6. The van der Waals surface area contributed by atoms with E-state index in [0.29, 0.717) is 13.0 Å². The van der Waals surface area contributed by atoms with Crippen molar-refractivity contribution in [3.05, 3.63) is 76.6 Å². The summed E-state index contributed by atoms with van der Waals surface area (Å²) in [5.74, 6) is 0.747. The van der Waals surface area contributed by atoms with Crippen molar-refractivity contribution in [1.29, 1.82) is 0 Å². The normalized spacial score (nSPS) is 15.5. The van der Waals surface area contributed by atoms with Crippen molar-refractivity contribution >= 4 is 11.7 Å². The molecule has 0 unspecified atom stereocenters. The van der Waals surface area contributed by atoms with Crippen LogP contribution in [0.2, 0.25) is 0 Å². The molecule has 2 amide bonds. The molecule has 1 aromatic heterocycles. The van der Waals surface area contributed by atoms with Crippen LogP contribution in [0.3, 0.4) is 0 Å². The number of ether oxygens (including phenoxy) is 2. The smallest absolute Gasteiger partial charge is 0.337 e. The number of nitrogens with one attached hydrogen (secondary N) is 1. The molecule has 8 heteroatoms. The van der Waals surface area contributed by atoms with Gasteiger partial charge in [0, 0.05) is 31.0 Å². The molecule has 1 atom stereocenters. The zero-order valence-electron chi connectivity index (χ0n) is 19.6. The molecule has 3 aromatic rings. The third-order valence-corrected chi connectivity index (χ3v) is 5.75. The summed E-state index contributed by atoms with van der Waals surface area (Å²) < 4.78 is 12.6. The number of carbonyl (C=O) groups excluding carboxylic acids is 1. The van der Waals surface area contributed by atoms with E-state index in [0.717, 1.165) is 45.2 Å². The van der Waals surface area contributed by atoms with E-state index in [1.165, 1.54) is 5.01 Å². The minimum absolute atomic E-state index is 0.0974. The first kappa shape index (κ1) is 22.5. The maximum atomic E-state index is 12.6. The van der Waals surface area contributed by atoms with Crippen molar-refractivity contribution in [3.8, 4) is 11.4 Å². The van der Waals surface area contributed by atoms with Crippen LogP contribution in [0.25, 0.3) is 5.69 Å². The Kier molecular flexibility index (Phi) is 6.46. The monoisotopic (exact) mass is 447 g/mol. The zero-order valence-corrected chi connectivity index (χ0v) is 19.6. The maximum Gasteiger partial charge on any atom is 0.337 e. The van der Waals surface area contributed by atoms with Gasteiger partial charge in [-0.25, -0.2) is 14.5 Å². The van der Waals surface area contributed by atoms with Crippen LogP contribution >= 0.6 is 0 Å². The Balaban J connectivity index is 1.79. The van der Waals surface area contributed by atoms with E-state index in [2.05, 4.69) is 10.4 Å². The summed E-state index contributed by atoms with van der Waals surface area (Å²) in [6, 6.07) is 15.7. The Hall–Kier alpha value is -3.65. The number of rotatable bonds is 5. The number of aryl methyl sites for hydroxylation is 1.